The number of benzene rings is 2. The average Bonchev–Trinajstić information content (AvgIpc) is 2.64. The number of rotatable bonds is 9. The summed E-state index contributed by atoms with van der Waals surface area (Å²) < 4.78 is 17.0. The fraction of sp³-hybridized carbons (Fsp3) is 0.409. The van der Waals surface area contributed by atoms with Crippen LogP contribution < -0.4 is 19.5 Å². The van der Waals surface area contributed by atoms with Crippen LogP contribution in [-0.4, -0.2) is 25.2 Å². The predicted molar refractivity (Wildman–Crippen MR) is 106 cm³/mol. The Morgan fingerprint density at radius 1 is 1.07 bits per heavy atom. The van der Waals surface area contributed by atoms with E-state index in [0.717, 1.165) is 11.1 Å². The van der Waals surface area contributed by atoms with Crippen molar-refractivity contribution in [2.45, 2.75) is 52.9 Å². The second-order valence-corrected chi connectivity index (χ2v) is 6.70. The largest absolute Gasteiger partial charge is 0.493 e. The van der Waals surface area contributed by atoms with E-state index in [4.69, 9.17) is 14.2 Å². The number of ether oxygens (including phenoxy) is 3. The molecule has 1 N–H and O–H groups in total. The van der Waals surface area contributed by atoms with Gasteiger partial charge in [0.05, 0.1) is 13.2 Å². The molecule has 146 valence electrons. The third-order valence-corrected chi connectivity index (χ3v) is 3.99. The van der Waals surface area contributed by atoms with Crippen molar-refractivity contribution in [3.63, 3.8) is 0 Å². The monoisotopic (exact) mass is 371 g/mol. The van der Waals surface area contributed by atoms with Crippen molar-refractivity contribution in [3.8, 4) is 17.2 Å². The van der Waals surface area contributed by atoms with E-state index in [1.54, 1.807) is 7.11 Å². The molecule has 1 amide bonds. The first-order valence-electron chi connectivity index (χ1n) is 9.27. The first-order chi connectivity index (χ1) is 12.9. The average molecular weight is 371 g/mol. The van der Waals surface area contributed by atoms with E-state index < -0.39 is 6.10 Å². The molecule has 2 aromatic rings. The van der Waals surface area contributed by atoms with Gasteiger partial charge in [-0.2, -0.15) is 0 Å². The van der Waals surface area contributed by atoms with Gasteiger partial charge in [0, 0.05) is 6.54 Å². The summed E-state index contributed by atoms with van der Waals surface area (Å²) in [6.45, 7) is 8.25. The lowest BCUT2D eigenvalue weighted by molar-refractivity contribution is -0.128. The van der Waals surface area contributed by atoms with Gasteiger partial charge >= 0.3 is 0 Å². The van der Waals surface area contributed by atoms with Gasteiger partial charge in [-0.05, 0) is 62.6 Å². The van der Waals surface area contributed by atoms with E-state index in [1.165, 1.54) is 0 Å². The molecule has 2 rings (SSSR count). The summed E-state index contributed by atoms with van der Waals surface area (Å²) in [4.78, 5) is 12.5. The predicted octanol–water partition coefficient (Wildman–Crippen LogP) is 4.26. The fourth-order valence-corrected chi connectivity index (χ4v) is 2.65. The van der Waals surface area contributed by atoms with Crippen LogP contribution in [0.2, 0.25) is 0 Å². The summed E-state index contributed by atoms with van der Waals surface area (Å²) in [7, 11) is 1.60. The van der Waals surface area contributed by atoms with Crippen molar-refractivity contribution in [2.75, 3.05) is 7.11 Å². The quantitative estimate of drug-likeness (QED) is 0.715. The molecule has 0 heterocycles. The summed E-state index contributed by atoms with van der Waals surface area (Å²) in [6.07, 6.45) is 0.121. The Kier molecular flexibility index (Phi) is 7.53. The topological polar surface area (TPSA) is 56.8 Å². The number of nitrogens with one attached hydrogen (secondary N) is 1. The minimum atomic E-state index is -0.530. The van der Waals surface area contributed by atoms with Gasteiger partial charge in [-0.15, -0.1) is 0 Å². The molecule has 0 aliphatic rings. The van der Waals surface area contributed by atoms with E-state index in [2.05, 4.69) is 5.32 Å². The molecule has 0 bridgehead atoms. The highest BCUT2D eigenvalue weighted by Gasteiger charge is 2.18. The van der Waals surface area contributed by atoms with Crippen LogP contribution in [-0.2, 0) is 11.3 Å². The summed E-state index contributed by atoms with van der Waals surface area (Å²) in [6, 6.07) is 13.4. The van der Waals surface area contributed by atoms with E-state index in [0.29, 0.717) is 30.2 Å². The molecule has 0 aliphatic heterocycles. The minimum absolute atomic E-state index is 0.0635. The van der Waals surface area contributed by atoms with E-state index in [-0.39, 0.29) is 12.0 Å². The molecule has 2 aromatic carbocycles. The number of aryl methyl sites for hydroxylation is 1. The Bertz CT molecular complexity index is 758. The van der Waals surface area contributed by atoms with E-state index in [1.807, 2.05) is 70.2 Å². The van der Waals surface area contributed by atoms with Gasteiger partial charge in [0.1, 0.15) is 5.75 Å². The SMILES string of the molecule is CC[C@@H](Oc1cccc(C)c1)C(=O)NCc1ccc(OC(C)C)c(OC)c1. The highest BCUT2D eigenvalue weighted by atomic mass is 16.5. The molecule has 0 fully saturated rings. The van der Waals surface area contributed by atoms with Gasteiger partial charge in [0.2, 0.25) is 0 Å². The Balaban J connectivity index is 1.98. The lowest BCUT2D eigenvalue weighted by Gasteiger charge is -2.18. The highest BCUT2D eigenvalue weighted by molar-refractivity contribution is 5.81. The molecule has 27 heavy (non-hydrogen) atoms. The number of hydrogen-bond acceptors (Lipinski definition) is 4. The second kappa shape index (κ2) is 9.86. The molecule has 0 radical (unpaired) electrons. The third kappa shape index (κ3) is 6.20. The fourth-order valence-electron chi connectivity index (χ4n) is 2.65. The maximum atomic E-state index is 12.5. The molecule has 0 aliphatic carbocycles. The summed E-state index contributed by atoms with van der Waals surface area (Å²) in [5, 5.41) is 2.94. The summed E-state index contributed by atoms with van der Waals surface area (Å²) in [5.41, 5.74) is 2.03. The van der Waals surface area contributed by atoms with Gasteiger partial charge in [-0.25, -0.2) is 0 Å². The van der Waals surface area contributed by atoms with Crippen LogP contribution in [0.25, 0.3) is 0 Å². The van der Waals surface area contributed by atoms with Crippen LogP contribution >= 0.6 is 0 Å². The maximum Gasteiger partial charge on any atom is 0.261 e. The Morgan fingerprint density at radius 2 is 1.85 bits per heavy atom. The molecular weight excluding hydrogens is 342 g/mol. The van der Waals surface area contributed by atoms with Crippen LogP contribution in [0, 0.1) is 6.92 Å². The van der Waals surface area contributed by atoms with Gasteiger partial charge in [0.15, 0.2) is 17.6 Å². The van der Waals surface area contributed by atoms with Crippen molar-refractivity contribution in [1.29, 1.82) is 0 Å². The first kappa shape index (κ1) is 20.6. The van der Waals surface area contributed by atoms with Gasteiger partial charge in [-0.3, -0.25) is 4.79 Å². The molecule has 0 spiro atoms. The number of carbonyl (C=O) groups excluding carboxylic acids is 1. The normalized spacial score (nSPS) is 11.8. The van der Waals surface area contributed by atoms with Crippen LogP contribution in [0.1, 0.15) is 38.3 Å². The van der Waals surface area contributed by atoms with Crippen LogP contribution in [0.4, 0.5) is 0 Å². The standard InChI is InChI=1S/C22H29NO4/c1-6-19(27-18-9-7-8-16(4)12-18)22(24)23-14-17-10-11-20(26-15(2)3)21(13-17)25-5/h7-13,15,19H,6,14H2,1-5H3,(H,23,24)/t19-/m1/s1. The number of carbonyl (C=O) groups is 1. The van der Waals surface area contributed by atoms with Crippen molar-refractivity contribution < 1.29 is 19.0 Å². The van der Waals surface area contributed by atoms with Gasteiger partial charge in [0.25, 0.3) is 5.91 Å². The number of amides is 1. The van der Waals surface area contributed by atoms with Crippen molar-refractivity contribution in [1.82, 2.24) is 5.32 Å². The van der Waals surface area contributed by atoms with Crippen molar-refractivity contribution in [2.24, 2.45) is 0 Å². The summed E-state index contributed by atoms with van der Waals surface area (Å²) in [5.74, 6) is 1.91. The molecule has 1 atom stereocenters. The Hall–Kier alpha value is -2.69. The van der Waals surface area contributed by atoms with Gasteiger partial charge in [-0.1, -0.05) is 25.1 Å². The number of hydrogen-bond donors (Lipinski definition) is 1. The lowest BCUT2D eigenvalue weighted by atomic mass is 10.2. The molecule has 0 saturated heterocycles. The van der Waals surface area contributed by atoms with E-state index >= 15 is 0 Å². The zero-order valence-electron chi connectivity index (χ0n) is 16.7. The Morgan fingerprint density at radius 3 is 2.48 bits per heavy atom. The lowest BCUT2D eigenvalue weighted by Crippen LogP contribution is -2.37. The second-order valence-electron chi connectivity index (χ2n) is 6.70. The molecule has 5 nitrogen and oxygen atoms in total. The molecule has 5 heteroatoms. The first-order valence-corrected chi connectivity index (χ1v) is 9.27. The zero-order valence-corrected chi connectivity index (χ0v) is 16.7. The smallest absolute Gasteiger partial charge is 0.261 e. The van der Waals surface area contributed by atoms with Crippen LogP contribution in [0.5, 0.6) is 17.2 Å². The molecule has 0 aromatic heterocycles. The minimum Gasteiger partial charge on any atom is -0.493 e. The van der Waals surface area contributed by atoms with Gasteiger partial charge < -0.3 is 19.5 Å². The van der Waals surface area contributed by atoms with Crippen molar-refractivity contribution >= 4 is 5.91 Å². The van der Waals surface area contributed by atoms with E-state index in [9.17, 15) is 4.79 Å². The molecule has 0 unspecified atom stereocenters. The van der Waals surface area contributed by atoms with Crippen molar-refractivity contribution in [3.05, 3.63) is 53.6 Å². The maximum absolute atomic E-state index is 12.5. The zero-order chi connectivity index (χ0) is 19.8. The third-order valence-electron chi connectivity index (χ3n) is 3.99. The van der Waals surface area contributed by atoms with Crippen LogP contribution in [0.15, 0.2) is 42.5 Å². The highest BCUT2D eigenvalue weighted by Crippen LogP contribution is 2.29. The van der Waals surface area contributed by atoms with Crippen LogP contribution in [0.3, 0.4) is 0 Å². The number of methoxy groups -OCH3 is 1. The summed E-state index contributed by atoms with van der Waals surface area (Å²) >= 11 is 0. The molecular formula is C22H29NO4. The Labute approximate surface area is 161 Å². The molecule has 0 saturated carbocycles.